The second-order valence-corrected chi connectivity index (χ2v) is 5.46. The fourth-order valence-corrected chi connectivity index (χ4v) is 3.06. The molecule has 0 aliphatic rings. The lowest BCUT2D eigenvalue weighted by atomic mass is 10.1. The fourth-order valence-electron chi connectivity index (χ4n) is 1.94. The Morgan fingerprint density at radius 1 is 1.45 bits per heavy atom. The molecule has 0 aliphatic carbocycles. The summed E-state index contributed by atoms with van der Waals surface area (Å²) >= 11 is 1.47. The van der Waals surface area contributed by atoms with Crippen LogP contribution in [0.4, 0.5) is 5.69 Å². The standard InChI is InChI=1S/C13H16N4O2S/c1-4-11(14-3)13-16-15-12(20-13)10-7-9(17(18)19)6-5-8(10)2/h5-7,11,14H,4H2,1-3H3. The molecule has 0 aliphatic heterocycles. The first-order valence-electron chi connectivity index (χ1n) is 6.32. The molecular weight excluding hydrogens is 276 g/mol. The third-order valence-electron chi connectivity index (χ3n) is 3.16. The number of non-ortho nitro benzene ring substituents is 1. The highest BCUT2D eigenvalue weighted by Gasteiger charge is 2.17. The van der Waals surface area contributed by atoms with E-state index < -0.39 is 4.92 Å². The zero-order valence-electron chi connectivity index (χ0n) is 11.6. The Morgan fingerprint density at radius 2 is 2.20 bits per heavy atom. The van der Waals surface area contributed by atoms with Gasteiger partial charge in [-0.2, -0.15) is 0 Å². The van der Waals surface area contributed by atoms with E-state index in [0.29, 0.717) is 0 Å². The molecule has 1 unspecified atom stereocenters. The maximum atomic E-state index is 10.9. The predicted octanol–water partition coefficient (Wildman–Crippen LogP) is 3.09. The number of nitrogens with zero attached hydrogens (tertiary/aromatic N) is 3. The van der Waals surface area contributed by atoms with Gasteiger partial charge in [0.05, 0.1) is 11.0 Å². The SMILES string of the molecule is CCC(NC)c1nnc(-c2cc([N+](=O)[O-])ccc2C)s1. The molecule has 1 aromatic carbocycles. The topological polar surface area (TPSA) is 81.0 Å². The Kier molecular flexibility index (Phi) is 4.41. The normalized spacial score (nSPS) is 12.3. The third-order valence-corrected chi connectivity index (χ3v) is 4.23. The molecule has 1 N–H and O–H groups in total. The van der Waals surface area contributed by atoms with E-state index in [4.69, 9.17) is 0 Å². The molecule has 0 saturated heterocycles. The average molecular weight is 292 g/mol. The van der Waals surface area contributed by atoms with Gasteiger partial charge in [0.25, 0.3) is 5.69 Å². The van der Waals surface area contributed by atoms with Crippen LogP contribution in [0.1, 0.15) is 30.0 Å². The third kappa shape index (κ3) is 2.83. The molecule has 0 radical (unpaired) electrons. The summed E-state index contributed by atoms with van der Waals surface area (Å²) < 4.78 is 0. The molecule has 7 heteroatoms. The molecule has 6 nitrogen and oxygen atoms in total. The van der Waals surface area contributed by atoms with Gasteiger partial charge in [-0.25, -0.2) is 0 Å². The van der Waals surface area contributed by atoms with Crippen LogP contribution in [0.25, 0.3) is 10.6 Å². The van der Waals surface area contributed by atoms with Gasteiger partial charge >= 0.3 is 0 Å². The van der Waals surface area contributed by atoms with Crippen molar-refractivity contribution < 1.29 is 4.92 Å². The lowest BCUT2D eigenvalue weighted by Crippen LogP contribution is -2.14. The van der Waals surface area contributed by atoms with Crippen LogP contribution in [-0.2, 0) is 0 Å². The lowest BCUT2D eigenvalue weighted by Gasteiger charge is -2.08. The Bertz CT molecular complexity index is 623. The smallest absolute Gasteiger partial charge is 0.270 e. The molecule has 0 fully saturated rings. The Balaban J connectivity index is 2.41. The van der Waals surface area contributed by atoms with E-state index in [0.717, 1.165) is 27.6 Å². The first kappa shape index (κ1) is 14.5. The zero-order chi connectivity index (χ0) is 14.7. The van der Waals surface area contributed by atoms with E-state index in [1.165, 1.54) is 17.4 Å². The van der Waals surface area contributed by atoms with Crippen molar-refractivity contribution in [3.05, 3.63) is 38.9 Å². The monoisotopic (exact) mass is 292 g/mol. The van der Waals surface area contributed by atoms with Crippen molar-refractivity contribution in [3.8, 4) is 10.6 Å². The van der Waals surface area contributed by atoms with Gasteiger partial charge < -0.3 is 5.32 Å². The van der Waals surface area contributed by atoms with Gasteiger partial charge in [0.1, 0.15) is 10.0 Å². The van der Waals surface area contributed by atoms with Crippen LogP contribution in [-0.4, -0.2) is 22.2 Å². The van der Waals surface area contributed by atoms with Crippen LogP contribution >= 0.6 is 11.3 Å². The number of hydrogen-bond donors (Lipinski definition) is 1. The number of hydrogen-bond acceptors (Lipinski definition) is 6. The lowest BCUT2D eigenvalue weighted by molar-refractivity contribution is -0.384. The molecule has 0 amide bonds. The van der Waals surface area contributed by atoms with Crippen molar-refractivity contribution in [2.24, 2.45) is 0 Å². The summed E-state index contributed by atoms with van der Waals surface area (Å²) in [5.74, 6) is 0. The van der Waals surface area contributed by atoms with Gasteiger partial charge in [-0.1, -0.05) is 24.3 Å². The second-order valence-electron chi connectivity index (χ2n) is 4.45. The summed E-state index contributed by atoms with van der Waals surface area (Å²) in [7, 11) is 1.88. The minimum Gasteiger partial charge on any atom is -0.311 e. The van der Waals surface area contributed by atoms with Crippen LogP contribution in [0.15, 0.2) is 18.2 Å². The van der Waals surface area contributed by atoms with Crippen LogP contribution in [0.5, 0.6) is 0 Å². The molecule has 1 heterocycles. The first-order chi connectivity index (χ1) is 9.56. The highest BCUT2D eigenvalue weighted by Crippen LogP contribution is 2.32. The van der Waals surface area contributed by atoms with Crippen molar-refractivity contribution >= 4 is 17.0 Å². The molecule has 106 valence electrons. The van der Waals surface area contributed by atoms with E-state index in [1.54, 1.807) is 12.1 Å². The summed E-state index contributed by atoms with van der Waals surface area (Å²) in [4.78, 5) is 10.5. The van der Waals surface area contributed by atoms with Gasteiger partial charge in [0.2, 0.25) is 0 Å². The number of nitro groups is 1. The molecule has 1 aromatic heterocycles. The van der Waals surface area contributed by atoms with Crippen LogP contribution < -0.4 is 5.32 Å². The molecule has 0 saturated carbocycles. The average Bonchev–Trinajstić information content (AvgIpc) is 2.90. The van der Waals surface area contributed by atoms with Crippen molar-refractivity contribution in [1.29, 1.82) is 0 Å². The van der Waals surface area contributed by atoms with Gasteiger partial charge in [-0.3, -0.25) is 10.1 Å². The highest BCUT2D eigenvalue weighted by molar-refractivity contribution is 7.14. The van der Waals surface area contributed by atoms with Gasteiger partial charge in [0.15, 0.2) is 0 Å². The maximum absolute atomic E-state index is 10.9. The molecule has 2 aromatic rings. The fraction of sp³-hybridized carbons (Fsp3) is 0.385. The number of rotatable bonds is 5. The van der Waals surface area contributed by atoms with Crippen LogP contribution in [0.2, 0.25) is 0 Å². The van der Waals surface area contributed by atoms with Crippen molar-refractivity contribution in [1.82, 2.24) is 15.5 Å². The Hall–Kier alpha value is -1.86. The number of aryl methyl sites for hydroxylation is 1. The second kappa shape index (κ2) is 6.06. The van der Waals surface area contributed by atoms with E-state index >= 15 is 0 Å². The van der Waals surface area contributed by atoms with E-state index in [-0.39, 0.29) is 11.7 Å². The van der Waals surface area contributed by atoms with Gasteiger partial charge in [-0.05, 0) is 26.0 Å². The summed E-state index contributed by atoms with van der Waals surface area (Å²) in [6.07, 6.45) is 0.916. The number of nitro benzene ring substituents is 1. The molecule has 0 bridgehead atoms. The van der Waals surface area contributed by atoms with Crippen LogP contribution in [0.3, 0.4) is 0 Å². The number of aromatic nitrogens is 2. The first-order valence-corrected chi connectivity index (χ1v) is 7.14. The number of nitrogens with one attached hydrogen (secondary N) is 1. The highest BCUT2D eigenvalue weighted by atomic mass is 32.1. The quantitative estimate of drug-likeness (QED) is 0.676. The van der Waals surface area contributed by atoms with Crippen molar-refractivity contribution in [3.63, 3.8) is 0 Å². The largest absolute Gasteiger partial charge is 0.311 e. The summed E-state index contributed by atoms with van der Waals surface area (Å²) in [5.41, 5.74) is 1.80. The maximum Gasteiger partial charge on any atom is 0.270 e. The van der Waals surface area contributed by atoms with Crippen molar-refractivity contribution in [2.75, 3.05) is 7.05 Å². The Labute approximate surface area is 121 Å². The van der Waals surface area contributed by atoms with E-state index in [1.807, 2.05) is 14.0 Å². The minimum atomic E-state index is -0.396. The van der Waals surface area contributed by atoms with Gasteiger partial charge in [-0.15, -0.1) is 10.2 Å². The van der Waals surface area contributed by atoms with Gasteiger partial charge in [0, 0.05) is 17.7 Å². The minimum absolute atomic E-state index is 0.0722. The van der Waals surface area contributed by atoms with Crippen molar-refractivity contribution in [2.45, 2.75) is 26.3 Å². The summed E-state index contributed by atoms with van der Waals surface area (Å²) in [5, 5.41) is 24.0. The van der Waals surface area contributed by atoms with Crippen LogP contribution in [0, 0.1) is 17.0 Å². The number of benzene rings is 1. The van der Waals surface area contributed by atoms with E-state index in [2.05, 4.69) is 22.4 Å². The summed E-state index contributed by atoms with van der Waals surface area (Å²) in [6.45, 7) is 3.98. The van der Waals surface area contributed by atoms with E-state index in [9.17, 15) is 10.1 Å². The Morgan fingerprint density at radius 3 is 2.80 bits per heavy atom. The molecule has 0 spiro atoms. The summed E-state index contributed by atoms with van der Waals surface area (Å²) in [6, 6.07) is 4.97. The molecule has 1 atom stereocenters. The zero-order valence-corrected chi connectivity index (χ0v) is 12.4. The predicted molar refractivity (Wildman–Crippen MR) is 78.8 cm³/mol. The molecule has 20 heavy (non-hydrogen) atoms. The molecule has 2 rings (SSSR count). The molecular formula is C13H16N4O2S.